The zero-order valence-electron chi connectivity index (χ0n) is 14.9. The van der Waals surface area contributed by atoms with Crippen LogP contribution >= 0.6 is 12.4 Å². The quantitative estimate of drug-likeness (QED) is 0.820. The summed E-state index contributed by atoms with van der Waals surface area (Å²) < 4.78 is 0. The van der Waals surface area contributed by atoms with Crippen LogP contribution in [0.15, 0.2) is 36.4 Å². The van der Waals surface area contributed by atoms with Crippen LogP contribution in [-0.4, -0.2) is 30.3 Å². The van der Waals surface area contributed by atoms with E-state index in [1.165, 1.54) is 4.90 Å². The van der Waals surface area contributed by atoms with E-state index in [2.05, 4.69) is 5.32 Å². The van der Waals surface area contributed by atoms with E-state index in [0.717, 1.165) is 22.4 Å². The molecule has 2 rings (SSSR count). The first-order valence-electron chi connectivity index (χ1n) is 7.76. The van der Waals surface area contributed by atoms with Gasteiger partial charge in [-0.3, -0.25) is 9.59 Å². The highest BCUT2D eigenvalue weighted by atomic mass is 35.5. The topological polar surface area (TPSA) is 75.4 Å². The minimum Gasteiger partial charge on any atom is -0.399 e. The summed E-state index contributed by atoms with van der Waals surface area (Å²) in [6.07, 6.45) is 0. The van der Waals surface area contributed by atoms with Crippen LogP contribution in [0.5, 0.6) is 0 Å². The van der Waals surface area contributed by atoms with Gasteiger partial charge >= 0.3 is 0 Å². The summed E-state index contributed by atoms with van der Waals surface area (Å²) in [5, 5.41) is 2.90. The van der Waals surface area contributed by atoms with Crippen LogP contribution in [0.2, 0.25) is 0 Å². The van der Waals surface area contributed by atoms with Crippen molar-refractivity contribution in [3.05, 3.63) is 58.7 Å². The van der Waals surface area contributed by atoms with Crippen molar-refractivity contribution in [2.45, 2.75) is 20.8 Å². The standard InChI is InChI=1S/C19H23N3O2.ClH/c1-12-8-13(2)18(14(3)9-12)21-17(23)11-22(4)19(24)15-6-5-7-16(20)10-15;/h5-10H,11,20H2,1-4H3,(H,21,23);1H. The maximum atomic E-state index is 12.4. The number of benzene rings is 2. The Morgan fingerprint density at radius 2 is 1.68 bits per heavy atom. The van der Waals surface area contributed by atoms with Crippen LogP contribution in [0, 0.1) is 20.8 Å². The van der Waals surface area contributed by atoms with E-state index in [-0.39, 0.29) is 30.8 Å². The molecule has 0 aliphatic carbocycles. The number of nitrogen functional groups attached to an aromatic ring is 1. The normalized spacial score (nSPS) is 9.92. The molecule has 134 valence electrons. The van der Waals surface area contributed by atoms with E-state index in [4.69, 9.17) is 5.73 Å². The summed E-state index contributed by atoms with van der Waals surface area (Å²) in [6.45, 7) is 5.90. The van der Waals surface area contributed by atoms with E-state index in [1.54, 1.807) is 31.3 Å². The number of nitrogens with zero attached hydrogens (tertiary/aromatic N) is 1. The van der Waals surface area contributed by atoms with E-state index >= 15 is 0 Å². The molecule has 0 heterocycles. The van der Waals surface area contributed by atoms with Crippen LogP contribution in [0.4, 0.5) is 11.4 Å². The smallest absolute Gasteiger partial charge is 0.254 e. The van der Waals surface area contributed by atoms with Gasteiger partial charge in [-0.05, 0) is 50.1 Å². The number of amides is 2. The van der Waals surface area contributed by atoms with Crippen LogP contribution in [0.25, 0.3) is 0 Å². The van der Waals surface area contributed by atoms with Crippen molar-refractivity contribution < 1.29 is 9.59 Å². The second kappa shape index (κ2) is 8.53. The van der Waals surface area contributed by atoms with Gasteiger partial charge in [0.2, 0.25) is 5.91 Å². The Bertz CT molecular complexity index is 767. The highest BCUT2D eigenvalue weighted by molar-refractivity contribution is 6.00. The molecule has 25 heavy (non-hydrogen) atoms. The van der Waals surface area contributed by atoms with Gasteiger partial charge < -0.3 is 16.0 Å². The maximum Gasteiger partial charge on any atom is 0.254 e. The van der Waals surface area contributed by atoms with Gasteiger partial charge in [0.1, 0.15) is 0 Å². The number of carbonyl (C=O) groups excluding carboxylic acids is 2. The summed E-state index contributed by atoms with van der Waals surface area (Å²) in [7, 11) is 1.60. The molecule has 0 fully saturated rings. The van der Waals surface area contributed by atoms with Crippen molar-refractivity contribution in [1.29, 1.82) is 0 Å². The number of likely N-dealkylation sites (N-methyl/N-ethyl adjacent to an activating group) is 1. The highest BCUT2D eigenvalue weighted by Crippen LogP contribution is 2.21. The molecule has 0 saturated carbocycles. The Morgan fingerprint density at radius 3 is 2.24 bits per heavy atom. The number of halogens is 1. The average Bonchev–Trinajstić information content (AvgIpc) is 2.50. The van der Waals surface area contributed by atoms with Gasteiger partial charge in [0.05, 0.1) is 6.54 Å². The Morgan fingerprint density at radius 1 is 1.08 bits per heavy atom. The third kappa shape index (κ3) is 5.22. The van der Waals surface area contributed by atoms with E-state index in [9.17, 15) is 9.59 Å². The molecule has 2 aromatic carbocycles. The number of hydrogen-bond acceptors (Lipinski definition) is 3. The largest absolute Gasteiger partial charge is 0.399 e. The maximum absolute atomic E-state index is 12.4. The lowest BCUT2D eigenvalue weighted by molar-refractivity contribution is -0.116. The van der Waals surface area contributed by atoms with Gasteiger partial charge in [-0.15, -0.1) is 12.4 Å². The minimum atomic E-state index is -0.241. The third-order valence-electron chi connectivity index (χ3n) is 3.80. The molecule has 0 aliphatic heterocycles. The van der Waals surface area contributed by atoms with Crippen LogP contribution in [0.3, 0.4) is 0 Å². The summed E-state index contributed by atoms with van der Waals surface area (Å²) in [5.41, 5.74) is 10.6. The lowest BCUT2D eigenvalue weighted by Crippen LogP contribution is -2.35. The zero-order chi connectivity index (χ0) is 17.9. The third-order valence-corrected chi connectivity index (χ3v) is 3.80. The Hall–Kier alpha value is -2.53. The molecule has 5 nitrogen and oxygen atoms in total. The lowest BCUT2D eigenvalue weighted by Gasteiger charge is -2.18. The predicted molar refractivity (Wildman–Crippen MR) is 104 cm³/mol. The van der Waals surface area contributed by atoms with Crippen LogP contribution in [0.1, 0.15) is 27.0 Å². The van der Waals surface area contributed by atoms with Crippen LogP contribution in [-0.2, 0) is 4.79 Å². The molecule has 0 unspecified atom stereocenters. The average molecular weight is 362 g/mol. The molecule has 2 amide bonds. The van der Waals surface area contributed by atoms with Crippen molar-refractivity contribution in [3.63, 3.8) is 0 Å². The molecule has 0 radical (unpaired) electrons. The fraction of sp³-hybridized carbons (Fsp3) is 0.263. The van der Waals surface area contributed by atoms with Gasteiger partial charge in [-0.2, -0.15) is 0 Å². The lowest BCUT2D eigenvalue weighted by atomic mass is 10.1. The Kier molecular flexibility index (Phi) is 7.00. The number of nitrogens with two attached hydrogens (primary N) is 1. The molecule has 3 N–H and O–H groups in total. The molecular formula is C19H24ClN3O2. The van der Waals surface area contributed by atoms with Crippen molar-refractivity contribution >= 4 is 35.6 Å². The minimum absolute atomic E-state index is 0. The molecular weight excluding hydrogens is 338 g/mol. The zero-order valence-corrected chi connectivity index (χ0v) is 15.7. The SMILES string of the molecule is Cc1cc(C)c(NC(=O)CN(C)C(=O)c2cccc(N)c2)c(C)c1.Cl. The van der Waals surface area contributed by atoms with Gasteiger partial charge in [0.15, 0.2) is 0 Å². The fourth-order valence-corrected chi connectivity index (χ4v) is 2.74. The number of nitrogens with one attached hydrogen (secondary N) is 1. The van der Waals surface area contributed by atoms with E-state index in [1.807, 2.05) is 32.9 Å². The number of hydrogen-bond donors (Lipinski definition) is 2. The molecule has 0 saturated heterocycles. The number of rotatable bonds is 4. The molecule has 0 aromatic heterocycles. The van der Waals surface area contributed by atoms with E-state index in [0.29, 0.717) is 11.3 Å². The van der Waals surface area contributed by atoms with Gasteiger partial charge in [0, 0.05) is 24.0 Å². The van der Waals surface area contributed by atoms with Crippen molar-refractivity contribution in [2.75, 3.05) is 24.6 Å². The molecule has 0 spiro atoms. The van der Waals surface area contributed by atoms with Crippen molar-refractivity contribution in [3.8, 4) is 0 Å². The number of carbonyl (C=O) groups is 2. The molecule has 2 aromatic rings. The molecule has 6 heteroatoms. The van der Waals surface area contributed by atoms with Gasteiger partial charge in [-0.25, -0.2) is 0 Å². The summed E-state index contributed by atoms with van der Waals surface area (Å²) in [5.74, 6) is -0.473. The fourth-order valence-electron chi connectivity index (χ4n) is 2.74. The van der Waals surface area contributed by atoms with Gasteiger partial charge in [-0.1, -0.05) is 23.8 Å². The van der Waals surface area contributed by atoms with Crippen molar-refractivity contribution in [1.82, 2.24) is 4.90 Å². The first kappa shape index (κ1) is 20.5. The second-order valence-corrected chi connectivity index (χ2v) is 6.11. The Balaban J connectivity index is 0.00000312. The Labute approximate surface area is 154 Å². The summed E-state index contributed by atoms with van der Waals surface area (Å²) >= 11 is 0. The predicted octanol–water partition coefficient (Wildman–Crippen LogP) is 3.33. The molecule has 0 bridgehead atoms. The number of anilines is 2. The second-order valence-electron chi connectivity index (χ2n) is 6.11. The molecule has 0 atom stereocenters. The summed E-state index contributed by atoms with van der Waals surface area (Å²) in [6, 6.07) is 10.8. The van der Waals surface area contributed by atoms with Crippen molar-refractivity contribution in [2.24, 2.45) is 0 Å². The van der Waals surface area contributed by atoms with Gasteiger partial charge in [0.25, 0.3) is 5.91 Å². The van der Waals surface area contributed by atoms with Crippen LogP contribution < -0.4 is 11.1 Å². The number of aryl methyl sites for hydroxylation is 3. The monoisotopic (exact) mass is 361 g/mol. The van der Waals surface area contributed by atoms with E-state index < -0.39 is 0 Å². The molecule has 0 aliphatic rings. The first-order chi connectivity index (χ1) is 11.3. The summed E-state index contributed by atoms with van der Waals surface area (Å²) in [4.78, 5) is 26.0. The highest BCUT2D eigenvalue weighted by Gasteiger charge is 2.16. The first-order valence-corrected chi connectivity index (χ1v) is 7.76.